The summed E-state index contributed by atoms with van der Waals surface area (Å²) in [6, 6.07) is 2.87. The van der Waals surface area contributed by atoms with E-state index in [0.717, 1.165) is 0 Å². The van der Waals surface area contributed by atoms with Gasteiger partial charge in [0.15, 0.2) is 0 Å². The van der Waals surface area contributed by atoms with Gasteiger partial charge in [0.05, 0.1) is 5.56 Å². The Morgan fingerprint density at radius 3 is 2.53 bits per heavy atom. The second-order valence-electron chi connectivity index (χ2n) is 5.13. The first-order valence-electron chi connectivity index (χ1n) is 6.34. The van der Waals surface area contributed by atoms with Crippen LogP contribution in [0.4, 0.5) is 0 Å². The Bertz CT molecular complexity index is 430. The number of carbonyl (C=O) groups is 2. The molecule has 5 nitrogen and oxygen atoms in total. The average molecular weight is 263 g/mol. The van der Waals surface area contributed by atoms with Gasteiger partial charge in [0, 0.05) is 26.5 Å². The maximum absolute atomic E-state index is 12.0. The third-order valence-corrected chi connectivity index (χ3v) is 2.68. The van der Waals surface area contributed by atoms with E-state index < -0.39 is 6.04 Å². The second-order valence-corrected chi connectivity index (χ2v) is 5.13. The summed E-state index contributed by atoms with van der Waals surface area (Å²) >= 11 is 0. The van der Waals surface area contributed by atoms with E-state index in [1.54, 1.807) is 32.4 Å². The zero-order valence-electron chi connectivity index (χ0n) is 11.9. The monoisotopic (exact) mass is 263 g/mol. The minimum absolute atomic E-state index is 0.0917. The van der Waals surface area contributed by atoms with Gasteiger partial charge in [0.25, 0.3) is 5.91 Å². The van der Waals surface area contributed by atoms with E-state index >= 15 is 0 Å². The molecule has 1 heterocycles. The molecule has 104 valence electrons. The van der Waals surface area contributed by atoms with Gasteiger partial charge in [-0.15, -0.1) is 0 Å². The lowest BCUT2D eigenvalue weighted by atomic mass is 10.0. The van der Waals surface area contributed by atoms with Crippen molar-refractivity contribution in [3.8, 4) is 0 Å². The molecular weight excluding hydrogens is 242 g/mol. The smallest absolute Gasteiger partial charge is 0.253 e. The van der Waals surface area contributed by atoms with Crippen LogP contribution in [0.1, 0.15) is 30.6 Å². The van der Waals surface area contributed by atoms with Crippen molar-refractivity contribution in [2.45, 2.75) is 26.3 Å². The summed E-state index contributed by atoms with van der Waals surface area (Å²) < 4.78 is 0. The first-order chi connectivity index (χ1) is 8.91. The zero-order chi connectivity index (χ0) is 14.4. The lowest BCUT2D eigenvalue weighted by Gasteiger charge is -2.23. The van der Waals surface area contributed by atoms with Crippen LogP contribution in [0.2, 0.25) is 0 Å². The van der Waals surface area contributed by atoms with E-state index in [1.807, 2.05) is 13.8 Å². The molecule has 1 N–H and O–H groups in total. The SMILES string of the molecule is CC(C)C[C@H](NC(=O)c1cccnc1)C(=O)N(C)C. The van der Waals surface area contributed by atoms with Crippen LogP contribution in [0, 0.1) is 5.92 Å². The predicted molar refractivity (Wildman–Crippen MR) is 73.6 cm³/mol. The quantitative estimate of drug-likeness (QED) is 0.871. The van der Waals surface area contributed by atoms with Crippen LogP contribution < -0.4 is 5.32 Å². The molecule has 1 aromatic heterocycles. The van der Waals surface area contributed by atoms with Gasteiger partial charge < -0.3 is 10.2 Å². The van der Waals surface area contributed by atoms with Crippen molar-refractivity contribution < 1.29 is 9.59 Å². The Hall–Kier alpha value is -1.91. The molecule has 2 amide bonds. The first kappa shape index (κ1) is 15.1. The highest BCUT2D eigenvalue weighted by atomic mass is 16.2. The Morgan fingerprint density at radius 2 is 2.05 bits per heavy atom. The molecule has 0 saturated carbocycles. The first-order valence-corrected chi connectivity index (χ1v) is 6.34. The molecular formula is C14H21N3O2. The summed E-state index contributed by atoms with van der Waals surface area (Å²) in [6.07, 6.45) is 3.71. The van der Waals surface area contributed by atoms with Crippen molar-refractivity contribution in [1.82, 2.24) is 15.2 Å². The second kappa shape index (κ2) is 6.87. The maximum Gasteiger partial charge on any atom is 0.253 e. The number of likely N-dealkylation sites (N-methyl/N-ethyl adjacent to an activating group) is 1. The highest BCUT2D eigenvalue weighted by molar-refractivity contribution is 5.97. The molecule has 1 rings (SSSR count). The number of amides is 2. The number of aromatic nitrogens is 1. The third kappa shape index (κ3) is 4.69. The molecule has 0 aliphatic heterocycles. The van der Waals surface area contributed by atoms with Crippen LogP contribution >= 0.6 is 0 Å². The minimum atomic E-state index is -0.497. The number of hydrogen-bond donors (Lipinski definition) is 1. The van der Waals surface area contributed by atoms with E-state index in [2.05, 4.69) is 10.3 Å². The molecule has 19 heavy (non-hydrogen) atoms. The molecule has 5 heteroatoms. The largest absolute Gasteiger partial charge is 0.347 e. The summed E-state index contributed by atoms with van der Waals surface area (Å²) in [5, 5.41) is 2.78. The predicted octanol–water partition coefficient (Wildman–Crippen LogP) is 1.31. The van der Waals surface area contributed by atoms with Crippen molar-refractivity contribution >= 4 is 11.8 Å². The Labute approximate surface area is 114 Å². The number of nitrogens with one attached hydrogen (secondary N) is 1. The van der Waals surface area contributed by atoms with Crippen LogP contribution in [0.15, 0.2) is 24.5 Å². The van der Waals surface area contributed by atoms with Crippen LogP contribution in [-0.2, 0) is 4.79 Å². The molecule has 0 bridgehead atoms. The molecule has 0 aromatic carbocycles. The lowest BCUT2D eigenvalue weighted by Crippen LogP contribution is -2.46. The molecule has 0 saturated heterocycles. The highest BCUT2D eigenvalue weighted by Crippen LogP contribution is 2.08. The van der Waals surface area contributed by atoms with Crippen molar-refractivity contribution in [3.05, 3.63) is 30.1 Å². The lowest BCUT2D eigenvalue weighted by molar-refractivity contribution is -0.131. The van der Waals surface area contributed by atoms with E-state index in [0.29, 0.717) is 17.9 Å². The van der Waals surface area contributed by atoms with Gasteiger partial charge >= 0.3 is 0 Å². The molecule has 0 aliphatic carbocycles. The summed E-state index contributed by atoms with van der Waals surface area (Å²) in [4.78, 5) is 29.5. The summed E-state index contributed by atoms with van der Waals surface area (Å²) in [6.45, 7) is 4.04. The average Bonchev–Trinajstić information content (AvgIpc) is 2.37. The molecule has 1 aromatic rings. The van der Waals surface area contributed by atoms with Gasteiger partial charge in [0.1, 0.15) is 6.04 Å². The summed E-state index contributed by atoms with van der Waals surface area (Å²) in [5.74, 6) is -0.0389. The maximum atomic E-state index is 12.0. The third-order valence-electron chi connectivity index (χ3n) is 2.68. The van der Waals surface area contributed by atoms with Crippen molar-refractivity contribution in [2.24, 2.45) is 5.92 Å². The van der Waals surface area contributed by atoms with E-state index in [1.165, 1.54) is 11.1 Å². The van der Waals surface area contributed by atoms with Crippen molar-refractivity contribution in [3.63, 3.8) is 0 Å². The van der Waals surface area contributed by atoms with Gasteiger partial charge in [-0.05, 0) is 24.5 Å². The highest BCUT2D eigenvalue weighted by Gasteiger charge is 2.23. The minimum Gasteiger partial charge on any atom is -0.347 e. The Kier molecular flexibility index (Phi) is 5.48. The van der Waals surface area contributed by atoms with Gasteiger partial charge in [-0.25, -0.2) is 0 Å². The van der Waals surface area contributed by atoms with Crippen LogP contribution in [0.25, 0.3) is 0 Å². The molecule has 0 fully saturated rings. The number of pyridine rings is 1. The molecule has 0 aliphatic rings. The molecule has 1 atom stereocenters. The van der Waals surface area contributed by atoms with Gasteiger partial charge in [0.2, 0.25) is 5.91 Å². The molecule has 0 unspecified atom stereocenters. The fourth-order valence-corrected chi connectivity index (χ4v) is 1.74. The van der Waals surface area contributed by atoms with Gasteiger partial charge in [-0.2, -0.15) is 0 Å². The van der Waals surface area contributed by atoms with Gasteiger partial charge in [-0.1, -0.05) is 13.8 Å². The van der Waals surface area contributed by atoms with Crippen molar-refractivity contribution in [1.29, 1.82) is 0 Å². The zero-order valence-corrected chi connectivity index (χ0v) is 11.9. The van der Waals surface area contributed by atoms with E-state index in [4.69, 9.17) is 0 Å². The van der Waals surface area contributed by atoms with E-state index in [9.17, 15) is 9.59 Å². The van der Waals surface area contributed by atoms with Gasteiger partial charge in [-0.3, -0.25) is 14.6 Å². The fraction of sp³-hybridized carbons (Fsp3) is 0.500. The number of carbonyl (C=O) groups excluding carboxylic acids is 2. The standard InChI is InChI=1S/C14H21N3O2/c1-10(2)8-12(14(19)17(3)4)16-13(18)11-6-5-7-15-9-11/h5-7,9-10,12H,8H2,1-4H3,(H,16,18)/t12-/m0/s1. The van der Waals surface area contributed by atoms with Crippen LogP contribution in [0.3, 0.4) is 0 Å². The summed E-state index contributed by atoms with van der Waals surface area (Å²) in [5.41, 5.74) is 0.461. The number of rotatable bonds is 5. The van der Waals surface area contributed by atoms with Crippen molar-refractivity contribution in [2.75, 3.05) is 14.1 Å². The molecule has 0 spiro atoms. The number of nitrogens with zero attached hydrogens (tertiary/aromatic N) is 2. The topological polar surface area (TPSA) is 62.3 Å². The normalized spacial score (nSPS) is 12.1. The fourth-order valence-electron chi connectivity index (χ4n) is 1.74. The Morgan fingerprint density at radius 1 is 1.37 bits per heavy atom. The molecule has 0 radical (unpaired) electrons. The van der Waals surface area contributed by atoms with Crippen LogP contribution in [-0.4, -0.2) is 41.8 Å². The number of hydrogen-bond acceptors (Lipinski definition) is 3. The van der Waals surface area contributed by atoms with E-state index in [-0.39, 0.29) is 11.8 Å². The Balaban J connectivity index is 2.77. The van der Waals surface area contributed by atoms with Crippen LogP contribution in [0.5, 0.6) is 0 Å². The summed E-state index contributed by atoms with van der Waals surface area (Å²) in [7, 11) is 3.37.